The van der Waals surface area contributed by atoms with E-state index in [0.717, 1.165) is 16.7 Å². The third-order valence-electron chi connectivity index (χ3n) is 4.49. The molecule has 0 heterocycles. The van der Waals surface area contributed by atoms with E-state index in [2.05, 4.69) is 0 Å². The Hall–Kier alpha value is -3.35. The summed E-state index contributed by atoms with van der Waals surface area (Å²) in [6.45, 7) is 1.93. The summed E-state index contributed by atoms with van der Waals surface area (Å²) in [6.07, 6.45) is -4.94. The maximum Gasteiger partial charge on any atom is 0.409 e. The fourth-order valence-corrected chi connectivity index (χ4v) is 2.86. The minimum absolute atomic E-state index is 0.157. The molecule has 0 aliphatic carbocycles. The number of rotatable bonds is 4. The topological polar surface area (TPSA) is 0 Å². The van der Waals surface area contributed by atoms with E-state index in [4.69, 9.17) is 0 Å². The van der Waals surface area contributed by atoms with Crippen molar-refractivity contribution in [1.82, 2.24) is 0 Å². The van der Waals surface area contributed by atoms with Gasteiger partial charge in [0.15, 0.2) is 11.7 Å². The van der Waals surface area contributed by atoms with Crippen molar-refractivity contribution in [2.45, 2.75) is 13.1 Å². The number of benzene rings is 3. The quantitative estimate of drug-likeness (QED) is 0.285. The fraction of sp³-hybridized carbons (Fsp3) is 0.0833. The molecule has 0 fully saturated rings. The Labute approximate surface area is 174 Å². The largest absolute Gasteiger partial charge is 0.409 e. The van der Waals surface area contributed by atoms with Crippen molar-refractivity contribution in [1.29, 1.82) is 0 Å². The van der Waals surface area contributed by atoms with E-state index >= 15 is 0 Å². The molecular formula is C24H15F7. The normalized spacial score (nSPS) is 12.9. The third-order valence-corrected chi connectivity index (χ3v) is 4.49. The zero-order chi connectivity index (χ0) is 22.8. The van der Waals surface area contributed by atoms with E-state index in [9.17, 15) is 30.7 Å². The van der Waals surface area contributed by atoms with Crippen molar-refractivity contribution in [3.8, 4) is 11.1 Å². The minimum atomic E-state index is -4.78. The van der Waals surface area contributed by atoms with Gasteiger partial charge in [-0.2, -0.15) is 13.2 Å². The fourth-order valence-electron chi connectivity index (χ4n) is 2.86. The number of hydrogen-bond donors (Lipinski definition) is 0. The van der Waals surface area contributed by atoms with Crippen LogP contribution in [0.3, 0.4) is 0 Å². The average molecular weight is 436 g/mol. The second kappa shape index (κ2) is 8.79. The SMILES string of the molecule is Cc1ccc(-c2ccc(/C(F)=C(\F)c3cc(F)c(/C=C/C(F)(F)F)c(F)c3)cc2)cc1. The molecule has 0 aliphatic rings. The maximum absolute atomic E-state index is 14.6. The molecule has 0 aliphatic heterocycles. The van der Waals surface area contributed by atoms with Gasteiger partial charge in [0.05, 0.1) is 0 Å². The van der Waals surface area contributed by atoms with Crippen LogP contribution in [0.25, 0.3) is 28.9 Å². The van der Waals surface area contributed by atoms with Crippen LogP contribution in [0.15, 0.2) is 66.7 Å². The van der Waals surface area contributed by atoms with E-state index in [-0.39, 0.29) is 17.7 Å². The van der Waals surface area contributed by atoms with E-state index in [1.807, 2.05) is 31.2 Å². The molecule has 3 aromatic carbocycles. The summed E-state index contributed by atoms with van der Waals surface area (Å²) in [5.74, 6) is -5.79. The highest BCUT2D eigenvalue weighted by atomic mass is 19.4. The summed E-state index contributed by atoms with van der Waals surface area (Å²) in [7, 11) is 0. The number of halogens is 7. The van der Waals surface area contributed by atoms with Crippen LogP contribution in [0.4, 0.5) is 30.7 Å². The molecule has 0 aromatic heterocycles. The first-order valence-corrected chi connectivity index (χ1v) is 9.03. The molecule has 0 nitrogen and oxygen atoms in total. The Balaban J connectivity index is 1.91. The van der Waals surface area contributed by atoms with Crippen molar-refractivity contribution < 1.29 is 30.7 Å². The van der Waals surface area contributed by atoms with E-state index in [1.165, 1.54) is 12.1 Å². The zero-order valence-electron chi connectivity index (χ0n) is 16.1. The molecule has 0 spiro atoms. The average Bonchev–Trinajstić information content (AvgIpc) is 2.72. The van der Waals surface area contributed by atoms with Crippen molar-refractivity contribution in [3.63, 3.8) is 0 Å². The van der Waals surface area contributed by atoms with Crippen LogP contribution < -0.4 is 0 Å². The molecule has 0 unspecified atom stereocenters. The highest BCUT2D eigenvalue weighted by Gasteiger charge is 2.23. The summed E-state index contributed by atoms with van der Waals surface area (Å²) in [6, 6.07) is 14.2. The lowest BCUT2D eigenvalue weighted by atomic mass is 10.0. The van der Waals surface area contributed by atoms with Gasteiger partial charge in [-0.3, -0.25) is 0 Å². The lowest BCUT2D eigenvalue weighted by Crippen LogP contribution is -2.01. The Kier molecular flexibility index (Phi) is 6.34. The van der Waals surface area contributed by atoms with Crippen molar-refractivity contribution in [3.05, 3.63) is 101 Å². The van der Waals surface area contributed by atoms with E-state index in [1.54, 1.807) is 12.1 Å². The molecule has 0 N–H and O–H groups in total. The van der Waals surface area contributed by atoms with Crippen molar-refractivity contribution >= 4 is 17.7 Å². The first-order chi connectivity index (χ1) is 14.5. The second-order valence-corrected chi connectivity index (χ2v) is 6.80. The number of aryl methyl sites for hydroxylation is 1. The number of allylic oxidation sites excluding steroid dienone is 1. The molecular weight excluding hydrogens is 421 g/mol. The highest BCUT2D eigenvalue weighted by Crippen LogP contribution is 2.32. The Bertz CT molecular complexity index is 1110. The van der Waals surface area contributed by atoms with Gasteiger partial charge in [-0.15, -0.1) is 0 Å². The lowest BCUT2D eigenvalue weighted by molar-refractivity contribution is -0.0790. The van der Waals surface area contributed by atoms with Crippen molar-refractivity contribution in [2.75, 3.05) is 0 Å². The summed E-state index contributed by atoms with van der Waals surface area (Å²) >= 11 is 0. The molecule has 160 valence electrons. The third kappa shape index (κ3) is 5.42. The molecule has 0 atom stereocenters. The van der Waals surface area contributed by atoms with Gasteiger partial charge in [0, 0.05) is 22.8 Å². The Morgan fingerprint density at radius 2 is 1.16 bits per heavy atom. The van der Waals surface area contributed by atoms with Gasteiger partial charge in [0.1, 0.15) is 11.6 Å². The molecule has 31 heavy (non-hydrogen) atoms. The lowest BCUT2D eigenvalue weighted by Gasteiger charge is -2.07. The van der Waals surface area contributed by atoms with Crippen LogP contribution in [0, 0.1) is 18.6 Å². The molecule has 0 bridgehead atoms. The summed E-state index contributed by atoms with van der Waals surface area (Å²) < 4.78 is 93.7. The van der Waals surface area contributed by atoms with E-state index < -0.39 is 40.6 Å². The summed E-state index contributed by atoms with van der Waals surface area (Å²) in [4.78, 5) is 0. The molecule has 3 rings (SSSR count). The molecule has 0 saturated carbocycles. The van der Waals surface area contributed by atoms with Gasteiger partial charge in [-0.1, -0.05) is 54.1 Å². The minimum Gasteiger partial charge on any atom is -0.206 e. The zero-order valence-corrected chi connectivity index (χ0v) is 16.1. The first-order valence-electron chi connectivity index (χ1n) is 9.03. The number of hydrogen-bond acceptors (Lipinski definition) is 0. The highest BCUT2D eigenvalue weighted by molar-refractivity contribution is 5.84. The van der Waals surface area contributed by atoms with Crippen LogP contribution in [-0.4, -0.2) is 6.18 Å². The summed E-state index contributed by atoms with van der Waals surface area (Å²) in [5.41, 5.74) is 0.769. The molecule has 0 amide bonds. The molecule has 0 saturated heterocycles. The number of alkyl halides is 3. The predicted molar refractivity (Wildman–Crippen MR) is 107 cm³/mol. The van der Waals surface area contributed by atoms with Crippen LogP contribution >= 0.6 is 0 Å². The smallest absolute Gasteiger partial charge is 0.206 e. The monoisotopic (exact) mass is 436 g/mol. The van der Waals surface area contributed by atoms with Crippen LogP contribution in [0.5, 0.6) is 0 Å². The summed E-state index contributed by atoms with van der Waals surface area (Å²) in [5, 5.41) is 0. The van der Waals surface area contributed by atoms with Gasteiger partial charge in [-0.25, -0.2) is 17.6 Å². The van der Waals surface area contributed by atoms with Crippen LogP contribution in [-0.2, 0) is 0 Å². The maximum atomic E-state index is 14.6. The molecule has 3 aromatic rings. The Morgan fingerprint density at radius 1 is 0.710 bits per heavy atom. The predicted octanol–water partition coefficient (Wildman–Crippen LogP) is 8.28. The van der Waals surface area contributed by atoms with Crippen molar-refractivity contribution in [2.24, 2.45) is 0 Å². The van der Waals surface area contributed by atoms with Gasteiger partial charge in [0.25, 0.3) is 0 Å². The van der Waals surface area contributed by atoms with Gasteiger partial charge in [-0.05, 0) is 36.3 Å². The van der Waals surface area contributed by atoms with Crippen LogP contribution in [0.1, 0.15) is 22.3 Å². The molecule has 0 radical (unpaired) electrons. The van der Waals surface area contributed by atoms with Gasteiger partial charge in [0.2, 0.25) is 0 Å². The second-order valence-electron chi connectivity index (χ2n) is 6.80. The Morgan fingerprint density at radius 3 is 1.65 bits per heavy atom. The molecule has 7 heteroatoms. The van der Waals surface area contributed by atoms with Gasteiger partial charge >= 0.3 is 6.18 Å². The van der Waals surface area contributed by atoms with Crippen LogP contribution in [0.2, 0.25) is 0 Å². The van der Waals surface area contributed by atoms with E-state index in [0.29, 0.717) is 12.1 Å². The first kappa shape index (κ1) is 22.3. The van der Waals surface area contributed by atoms with Gasteiger partial charge < -0.3 is 0 Å². The standard InChI is InChI=1S/C24H15F7/c1-14-2-4-15(5-3-14)16-6-8-17(9-7-16)22(27)23(28)18-12-20(25)19(21(26)13-18)10-11-24(29,30)31/h2-13H,1H3/b11-10+,23-22+.